The zero-order valence-corrected chi connectivity index (χ0v) is 7.36. The molecular formula is C3H7N2P3. The van der Waals surface area contributed by atoms with Crippen LogP contribution in [0.3, 0.4) is 0 Å². The molecule has 44 valence electrons. The Hall–Kier alpha value is 0.500. The second-order valence-electron chi connectivity index (χ2n) is 1.23. The van der Waals surface area contributed by atoms with Crippen LogP contribution in [0.5, 0.6) is 0 Å². The molecule has 1 heterocycles. The normalized spacial score (nSPS) is 12.6. The number of aromatic nitrogens is 2. The van der Waals surface area contributed by atoms with Crippen molar-refractivity contribution in [1.29, 1.82) is 0 Å². The first-order chi connectivity index (χ1) is 3.93. The summed E-state index contributed by atoms with van der Waals surface area (Å²) < 4.78 is 2.09. The van der Waals surface area contributed by atoms with Gasteiger partial charge in [0, 0.05) is 20.8 Å². The predicted molar refractivity (Wildman–Crippen MR) is 44.0 cm³/mol. The van der Waals surface area contributed by atoms with E-state index in [1.807, 2.05) is 12.5 Å². The molecule has 0 amide bonds. The topological polar surface area (TPSA) is 17.8 Å². The molecule has 0 saturated carbocycles. The highest BCUT2D eigenvalue weighted by Gasteiger charge is 1.81. The van der Waals surface area contributed by atoms with Crippen molar-refractivity contribution in [2.75, 3.05) is 0 Å². The second-order valence-corrected chi connectivity index (χ2v) is 6.39. The van der Waals surface area contributed by atoms with Gasteiger partial charge in [-0.1, -0.05) is 7.96 Å². The molecule has 0 aromatic carbocycles. The molecule has 0 spiro atoms. The molecule has 8 heavy (non-hydrogen) atoms. The third kappa shape index (κ3) is 1.78. The van der Waals surface area contributed by atoms with Gasteiger partial charge in [-0.15, -0.1) is 8.93 Å². The Morgan fingerprint density at radius 2 is 2.50 bits per heavy atom. The van der Waals surface area contributed by atoms with Crippen LogP contribution in [0.4, 0.5) is 0 Å². The molecule has 0 radical (unpaired) electrons. The minimum absolute atomic E-state index is 0.856. The largest absolute Gasteiger partial charge is 0.315 e. The highest BCUT2D eigenvalue weighted by atomic mass is 32.4. The highest BCUT2D eigenvalue weighted by Crippen LogP contribution is 2.43. The van der Waals surface area contributed by atoms with Crippen LogP contribution in [0.15, 0.2) is 18.7 Å². The third-order valence-electron chi connectivity index (χ3n) is 0.698. The molecule has 0 bridgehead atoms. The first kappa shape index (κ1) is 6.62. The average molecular weight is 164 g/mol. The van der Waals surface area contributed by atoms with Crippen LogP contribution in [-0.4, -0.2) is 9.32 Å². The lowest BCUT2D eigenvalue weighted by atomic mass is 11.0. The van der Waals surface area contributed by atoms with E-state index in [-0.39, 0.29) is 0 Å². The van der Waals surface area contributed by atoms with Crippen molar-refractivity contribution in [1.82, 2.24) is 9.32 Å². The van der Waals surface area contributed by atoms with Crippen molar-refractivity contribution < 1.29 is 0 Å². The van der Waals surface area contributed by atoms with Crippen molar-refractivity contribution in [2.24, 2.45) is 0 Å². The number of hydrogen-bond acceptors (Lipinski definition) is 1. The summed E-state index contributed by atoms with van der Waals surface area (Å²) in [4.78, 5) is 3.91. The van der Waals surface area contributed by atoms with Crippen LogP contribution in [0.25, 0.3) is 0 Å². The summed E-state index contributed by atoms with van der Waals surface area (Å²) in [6.45, 7) is 0. The summed E-state index contributed by atoms with van der Waals surface area (Å²) in [5.41, 5.74) is 0. The summed E-state index contributed by atoms with van der Waals surface area (Å²) in [7, 11) is 4.49. The average Bonchev–Trinajstić information content (AvgIpc) is 2.19. The monoisotopic (exact) mass is 164 g/mol. The van der Waals surface area contributed by atoms with Crippen molar-refractivity contribution in [2.45, 2.75) is 0 Å². The van der Waals surface area contributed by atoms with Crippen molar-refractivity contribution >= 4 is 25.3 Å². The summed E-state index contributed by atoms with van der Waals surface area (Å²) in [5, 5.41) is 0. The first-order valence-electron chi connectivity index (χ1n) is 2.13. The minimum Gasteiger partial charge on any atom is -0.315 e. The van der Waals surface area contributed by atoms with Crippen molar-refractivity contribution in [3.05, 3.63) is 18.7 Å². The molecule has 1 aromatic heterocycles. The minimum atomic E-state index is 0.856. The second kappa shape index (κ2) is 3.51. The maximum atomic E-state index is 3.91. The quantitative estimate of drug-likeness (QED) is 0.608. The van der Waals surface area contributed by atoms with Gasteiger partial charge < -0.3 is 4.34 Å². The number of nitrogens with zero attached hydrogens (tertiary/aromatic N) is 2. The van der Waals surface area contributed by atoms with E-state index in [0.717, 1.165) is 16.4 Å². The lowest BCUT2D eigenvalue weighted by Crippen LogP contribution is -1.67. The fraction of sp³-hybridized carbons (Fsp3) is 0. The van der Waals surface area contributed by atoms with Crippen LogP contribution < -0.4 is 0 Å². The van der Waals surface area contributed by atoms with E-state index >= 15 is 0 Å². The van der Waals surface area contributed by atoms with Crippen LogP contribution in [0.1, 0.15) is 0 Å². The molecule has 0 aliphatic carbocycles. The Bertz CT molecular complexity index is 138. The van der Waals surface area contributed by atoms with Gasteiger partial charge in [0.15, 0.2) is 0 Å². The van der Waals surface area contributed by atoms with Gasteiger partial charge >= 0.3 is 0 Å². The molecule has 1 aromatic rings. The summed E-state index contributed by atoms with van der Waals surface area (Å²) in [6, 6.07) is 0. The number of rotatable bonds is 2. The van der Waals surface area contributed by atoms with Crippen LogP contribution >= 0.6 is 25.3 Å². The molecule has 0 aliphatic heterocycles. The van der Waals surface area contributed by atoms with E-state index in [4.69, 9.17) is 0 Å². The van der Waals surface area contributed by atoms with Crippen LogP contribution in [0.2, 0.25) is 0 Å². The molecule has 0 aliphatic rings. The predicted octanol–water partition coefficient (Wildman–Crippen LogP) is 1.71. The maximum absolute atomic E-state index is 3.91. The van der Waals surface area contributed by atoms with Gasteiger partial charge in [0.2, 0.25) is 0 Å². The van der Waals surface area contributed by atoms with Crippen LogP contribution in [-0.2, 0) is 0 Å². The van der Waals surface area contributed by atoms with E-state index in [1.165, 1.54) is 0 Å². The molecule has 1 rings (SSSR count). The molecule has 0 N–H and O–H groups in total. The Kier molecular flexibility index (Phi) is 2.90. The van der Waals surface area contributed by atoms with Gasteiger partial charge in [-0.05, 0) is 0 Å². The van der Waals surface area contributed by atoms with Crippen LogP contribution in [0, 0.1) is 0 Å². The van der Waals surface area contributed by atoms with Gasteiger partial charge in [0.1, 0.15) is 0 Å². The zero-order valence-electron chi connectivity index (χ0n) is 4.20. The highest BCUT2D eigenvalue weighted by molar-refractivity contribution is 8.38. The Morgan fingerprint density at radius 1 is 1.62 bits per heavy atom. The fourth-order valence-electron chi connectivity index (χ4n) is 0.400. The van der Waals surface area contributed by atoms with E-state index in [0.29, 0.717) is 0 Å². The summed E-state index contributed by atoms with van der Waals surface area (Å²) in [5.74, 6) is 0. The Balaban J connectivity index is 2.50. The molecule has 0 fully saturated rings. The molecule has 2 nitrogen and oxygen atoms in total. The zero-order chi connectivity index (χ0) is 5.82. The Morgan fingerprint density at radius 3 is 3.00 bits per heavy atom. The maximum Gasteiger partial charge on any atom is 0.0980 e. The molecule has 3 atom stereocenters. The molecule has 5 heteroatoms. The Labute approximate surface area is 54.1 Å². The van der Waals surface area contributed by atoms with Crippen molar-refractivity contribution in [3.8, 4) is 0 Å². The standard InChI is InChI=1S/C3H7N2P3/c6-8-7-5-2-1-4-3-5/h1-3,7-8H,6H2. The lowest BCUT2D eigenvalue weighted by molar-refractivity contribution is 1.23. The SMILES string of the molecule is PPPn1ccnc1. The van der Waals surface area contributed by atoms with Crippen molar-refractivity contribution in [3.63, 3.8) is 0 Å². The fourth-order valence-corrected chi connectivity index (χ4v) is 3.00. The van der Waals surface area contributed by atoms with E-state index in [9.17, 15) is 0 Å². The van der Waals surface area contributed by atoms with E-state index in [2.05, 4.69) is 18.3 Å². The summed E-state index contributed by atoms with van der Waals surface area (Å²) >= 11 is 0. The third-order valence-corrected chi connectivity index (χ3v) is 3.67. The molecular weight excluding hydrogens is 157 g/mol. The molecule has 3 unspecified atom stereocenters. The smallest absolute Gasteiger partial charge is 0.0980 e. The van der Waals surface area contributed by atoms with Gasteiger partial charge in [0.05, 0.1) is 6.33 Å². The molecule has 0 saturated heterocycles. The van der Waals surface area contributed by atoms with E-state index < -0.39 is 0 Å². The lowest BCUT2D eigenvalue weighted by Gasteiger charge is -1.93. The number of imidazole rings is 1. The van der Waals surface area contributed by atoms with Gasteiger partial charge in [-0.25, -0.2) is 4.98 Å². The van der Waals surface area contributed by atoms with Gasteiger partial charge in [-0.2, -0.15) is 0 Å². The first-order valence-corrected chi connectivity index (χ1v) is 6.89. The summed E-state index contributed by atoms with van der Waals surface area (Å²) in [6.07, 6.45) is 5.63. The van der Waals surface area contributed by atoms with E-state index in [1.54, 1.807) is 6.20 Å². The number of hydrogen-bond donors (Lipinski definition) is 0. The van der Waals surface area contributed by atoms with Gasteiger partial charge in [0.25, 0.3) is 0 Å². The van der Waals surface area contributed by atoms with Gasteiger partial charge in [-0.3, -0.25) is 0 Å².